The lowest BCUT2D eigenvalue weighted by molar-refractivity contribution is -0.122. The van der Waals surface area contributed by atoms with Gasteiger partial charge in [-0.3, -0.25) is 9.59 Å². The first-order valence-electron chi connectivity index (χ1n) is 13.3. The Kier molecular flexibility index (Phi) is 7.82. The summed E-state index contributed by atoms with van der Waals surface area (Å²) in [6.07, 6.45) is 0.131. The van der Waals surface area contributed by atoms with Crippen molar-refractivity contribution >= 4 is 38.9 Å². The van der Waals surface area contributed by atoms with Crippen molar-refractivity contribution in [1.82, 2.24) is 4.31 Å². The molecule has 2 saturated heterocycles. The molecule has 0 aliphatic carbocycles. The van der Waals surface area contributed by atoms with Crippen molar-refractivity contribution in [3.05, 3.63) is 77.9 Å². The maximum Gasteiger partial charge on any atom is 0.243 e. The van der Waals surface area contributed by atoms with Gasteiger partial charge in [-0.1, -0.05) is 29.8 Å². The lowest BCUT2D eigenvalue weighted by atomic mass is 10.1. The highest BCUT2D eigenvalue weighted by Crippen LogP contribution is 2.31. The van der Waals surface area contributed by atoms with E-state index in [1.54, 1.807) is 24.1 Å². The second-order valence-corrected chi connectivity index (χ2v) is 12.2. The Morgan fingerprint density at radius 2 is 1.62 bits per heavy atom. The molecule has 0 saturated carbocycles. The van der Waals surface area contributed by atoms with Gasteiger partial charge in [0.15, 0.2) is 0 Å². The van der Waals surface area contributed by atoms with E-state index in [4.69, 9.17) is 4.74 Å². The molecule has 2 heterocycles. The van der Waals surface area contributed by atoms with Crippen LogP contribution in [0.5, 0.6) is 5.75 Å². The summed E-state index contributed by atoms with van der Waals surface area (Å²) in [5.74, 6) is -0.0736. The van der Waals surface area contributed by atoms with E-state index in [0.29, 0.717) is 38.4 Å². The zero-order valence-corrected chi connectivity index (χ0v) is 23.8. The summed E-state index contributed by atoms with van der Waals surface area (Å²) < 4.78 is 33.5. The minimum Gasteiger partial charge on any atom is -0.495 e. The van der Waals surface area contributed by atoms with Gasteiger partial charge in [0.2, 0.25) is 21.8 Å². The monoisotopic (exact) mass is 562 g/mol. The van der Waals surface area contributed by atoms with Gasteiger partial charge in [0.25, 0.3) is 0 Å². The van der Waals surface area contributed by atoms with Crippen molar-refractivity contribution in [2.45, 2.75) is 25.2 Å². The Bertz CT molecular complexity index is 1520. The average molecular weight is 563 g/mol. The van der Waals surface area contributed by atoms with E-state index < -0.39 is 15.9 Å². The molecule has 40 heavy (non-hydrogen) atoms. The minimum absolute atomic E-state index is 0.0839. The number of para-hydroxylation sites is 2. The number of carbonyl (C=O) groups excluding carboxylic acids is 2. The van der Waals surface area contributed by atoms with E-state index in [-0.39, 0.29) is 23.1 Å². The molecule has 1 unspecified atom stereocenters. The first kappa shape index (κ1) is 27.7. The van der Waals surface area contributed by atoms with Crippen molar-refractivity contribution in [3.63, 3.8) is 0 Å². The molecule has 3 aromatic carbocycles. The molecule has 210 valence electrons. The average Bonchev–Trinajstić information content (AvgIpc) is 3.34. The number of sulfonamides is 1. The smallest absolute Gasteiger partial charge is 0.243 e. The second kappa shape index (κ2) is 11.3. The normalized spacial score (nSPS) is 18.2. The Morgan fingerprint density at radius 1 is 0.925 bits per heavy atom. The fourth-order valence-corrected chi connectivity index (χ4v) is 6.81. The van der Waals surface area contributed by atoms with Gasteiger partial charge in [0.05, 0.1) is 23.6 Å². The number of aryl methyl sites for hydroxylation is 2. The Labute approximate surface area is 235 Å². The molecule has 9 nitrogen and oxygen atoms in total. The number of anilines is 3. The lowest BCUT2D eigenvalue weighted by Gasteiger charge is -2.35. The quantitative estimate of drug-likeness (QED) is 0.470. The van der Waals surface area contributed by atoms with Crippen LogP contribution in [-0.2, 0) is 19.6 Å². The number of rotatable bonds is 7. The number of hydrogen-bond acceptors (Lipinski definition) is 6. The maximum absolute atomic E-state index is 13.3. The fourth-order valence-electron chi connectivity index (χ4n) is 5.39. The van der Waals surface area contributed by atoms with Gasteiger partial charge in [0.1, 0.15) is 5.75 Å². The summed E-state index contributed by atoms with van der Waals surface area (Å²) in [6, 6.07) is 19.8. The van der Waals surface area contributed by atoms with Gasteiger partial charge in [-0.25, -0.2) is 8.42 Å². The second-order valence-electron chi connectivity index (χ2n) is 10.3. The largest absolute Gasteiger partial charge is 0.495 e. The summed E-state index contributed by atoms with van der Waals surface area (Å²) in [5, 5.41) is 2.85. The van der Waals surface area contributed by atoms with Gasteiger partial charge < -0.3 is 19.9 Å². The zero-order chi connectivity index (χ0) is 28.4. The number of methoxy groups -OCH3 is 1. The van der Waals surface area contributed by atoms with Crippen LogP contribution in [0.25, 0.3) is 0 Å². The van der Waals surface area contributed by atoms with E-state index in [2.05, 4.69) is 10.2 Å². The summed E-state index contributed by atoms with van der Waals surface area (Å²) in [6.45, 7) is 6.07. The van der Waals surface area contributed by atoms with Crippen molar-refractivity contribution < 1.29 is 22.7 Å². The molecule has 0 bridgehead atoms. The van der Waals surface area contributed by atoms with E-state index in [1.807, 2.05) is 56.3 Å². The van der Waals surface area contributed by atoms with Crippen LogP contribution in [0.4, 0.5) is 17.1 Å². The SMILES string of the molecule is COc1ccccc1N1CCN(S(=O)(=O)c2ccc(NC(=O)C3CC(=O)N(c4ccc(C)cc4C)C3)cc2)CC1. The molecule has 0 radical (unpaired) electrons. The van der Waals surface area contributed by atoms with Crippen LogP contribution in [0.1, 0.15) is 17.5 Å². The molecular weight excluding hydrogens is 528 g/mol. The van der Waals surface area contributed by atoms with Crippen LogP contribution in [0.15, 0.2) is 71.6 Å². The Hall–Kier alpha value is -3.89. The van der Waals surface area contributed by atoms with Crippen LogP contribution < -0.4 is 19.9 Å². The molecule has 2 aliphatic heterocycles. The highest BCUT2D eigenvalue weighted by Gasteiger charge is 2.36. The third-order valence-corrected chi connectivity index (χ3v) is 9.48. The number of benzene rings is 3. The van der Waals surface area contributed by atoms with E-state index in [1.165, 1.54) is 16.4 Å². The predicted octanol–water partition coefficient (Wildman–Crippen LogP) is 3.81. The maximum atomic E-state index is 13.3. The number of nitrogens with zero attached hydrogens (tertiary/aromatic N) is 3. The standard InChI is InChI=1S/C30H34N4O5S/c1-21-8-13-26(22(2)18-21)34-20-23(19-29(34)35)30(36)31-24-9-11-25(12-10-24)40(37,38)33-16-14-32(15-17-33)27-6-4-5-7-28(27)39-3/h4-13,18,23H,14-17,19-20H2,1-3H3,(H,31,36). The third-order valence-electron chi connectivity index (χ3n) is 7.56. The summed E-state index contributed by atoms with van der Waals surface area (Å²) >= 11 is 0. The van der Waals surface area contributed by atoms with Crippen LogP contribution >= 0.6 is 0 Å². The van der Waals surface area contributed by atoms with Crippen LogP contribution in [0.2, 0.25) is 0 Å². The first-order chi connectivity index (χ1) is 19.2. The van der Waals surface area contributed by atoms with Gasteiger partial charge >= 0.3 is 0 Å². The molecular formula is C30H34N4O5S. The number of ether oxygens (including phenoxy) is 1. The Morgan fingerprint density at radius 3 is 2.30 bits per heavy atom. The van der Waals surface area contributed by atoms with Crippen molar-refractivity contribution in [3.8, 4) is 5.75 Å². The van der Waals surface area contributed by atoms with E-state index >= 15 is 0 Å². The van der Waals surface area contributed by atoms with Gasteiger partial charge in [0, 0.05) is 50.5 Å². The molecule has 10 heteroatoms. The molecule has 2 aliphatic rings. The summed E-state index contributed by atoms with van der Waals surface area (Å²) in [4.78, 5) is 29.6. The topological polar surface area (TPSA) is 99.3 Å². The number of piperazine rings is 1. The van der Waals surface area contributed by atoms with Gasteiger partial charge in [-0.2, -0.15) is 4.31 Å². The zero-order valence-electron chi connectivity index (χ0n) is 23.0. The summed E-state index contributed by atoms with van der Waals surface area (Å²) in [5.41, 5.74) is 4.37. The molecule has 3 aromatic rings. The number of carbonyl (C=O) groups is 2. The highest BCUT2D eigenvalue weighted by molar-refractivity contribution is 7.89. The molecule has 1 N–H and O–H groups in total. The molecule has 5 rings (SSSR count). The van der Waals surface area contributed by atoms with Crippen molar-refractivity contribution in [2.75, 3.05) is 55.0 Å². The third kappa shape index (κ3) is 5.55. The Balaban J connectivity index is 1.19. The minimum atomic E-state index is -3.69. The van der Waals surface area contributed by atoms with Gasteiger partial charge in [-0.05, 0) is 61.9 Å². The van der Waals surface area contributed by atoms with E-state index in [9.17, 15) is 18.0 Å². The van der Waals surface area contributed by atoms with Crippen molar-refractivity contribution in [1.29, 1.82) is 0 Å². The fraction of sp³-hybridized carbons (Fsp3) is 0.333. The first-order valence-corrected chi connectivity index (χ1v) is 14.8. The molecule has 0 aromatic heterocycles. The highest BCUT2D eigenvalue weighted by atomic mass is 32.2. The summed E-state index contributed by atoms with van der Waals surface area (Å²) in [7, 11) is -2.06. The number of hydrogen-bond donors (Lipinski definition) is 1. The van der Waals surface area contributed by atoms with Crippen LogP contribution in [0.3, 0.4) is 0 Å². The molecule has 0 spiro atoms. The lowest BCUT2D eigenvalue weighted by Crippen LogP contribution is -2.48. The predicted molar refractivity (Wildman–Crippen MR) is 155 cm³/mol. The molecule has 2 amide bonds. The number of amides is 2. The van der Waals surface area contributed by atoms with Crippen molar-refractivity contribution in [2.24, 2.45) is 5.92 Å². The van der Waals surface area contributed by atoms with Crippen LogP contribution in [-0.4, -0.2) is 64.4 Å². The number of nitrogens with one attached hydrogen (secondary N) is 1. The molecule has 1 atom stereocenters. The molecule has 2 fully saturated rings. The van der Waals surface area contributed by atoms with E-state index in [0.717, 1.165) is 28.3 Å². The van der Waals surface area contributed by atoms with Gasteiger partial charge in [-0.15, -0.1) is 0 Å². The van der Waals surface area contributed by atoms with Crippen LogP contribution in [0, 0.1) is 19.8 Å².